The number of anilines is 1. The van der Waals surface area contributed by atoms with Crippen LogP contribution in [0.4, 0.5) is 10.2 Å². The lowest BCUT2D eigenvalue weighted by molar-refractivity contribution is 0.331. The number of halogens is 2. The molecule has 2 unspecified atom stereocenters. The van der Waals surface area contributed by atoms with Crippen LogP contribution in [0.5, 0.6) is 0 Å². The highest BCUT2D eigenvalue weighted by Gasteiger charge is 2.33. The summed E-state index contributed by atoms with van der Waals surface area (Å²) >= 11 is 5.96. The van der Waals surface area contributed by atoms with Gasteiger partial charge in [0, 0.05) is 42.4 Å². The van der Waals surface area contributed by atoms with E-state index in [2.05, 4.69) is 31.1 Å². The van der Waals surface area contributed by atoms with E-state index in [0.717, 1.165) is 28.7 Å². The van der Waals surface area contributed by atoms with Crippen molar-refractivity contribution < 1.29 is 4.39 Å². The summed E-state index contributed by atoms with van der Waals surface area (Å²) in [6.45, 7) is 1.21. The van der Waals surface area contributed by atoms with Gasteiger partial charge in [0.1, 0.15) is 17.1 Å². The van der Waals surface area contributed by atoms with Crippen molar-refractivity contribution in [1.82, 2.24) is 29.7 Å². The van der Waals surface area contributed by atoms with Gasteiger partial charge in [-0.05, 0) is 24.6 Å². The number of aromatic nitrogens is 6. The molecule has 1 aliphatic heterocycles. The molecule has 5 heterocycles. The summed E-state index contributed by atoms with van der Waals surface area (Å²) in [5.74, 6) is -0.0319. The number of pyridine rings is 1. The van der Waals surface area contributed by atoms with Gasteiger partial charge in [0.05, 0.1) is 30.4 Å². The van der Waals surface area contributed by atoms with Gasteiger partial charge in [-0.2, -0.15) is 10.4 Å². The Morgan fingerprint density at radius 3 is 3.10 bits per heavy atom. The maximum atomic E-state index is 14.3. The van der Waals surface area contributed by atoms with Crippen molar-refractivity contribution in [1.29, 1.82) is 5.26 Å². The SMILES string of the molecule is N#CCC(C1CCN(c2nc(Cl)ccc2F)C1)n1cc(-c2ncnc3[nH]ccc23)cn1. The van der Waals surface area contributed by atoms with Crippen molar-refractivity contribution >= 4 is 28.5 Å². The lowest BCUT2D eigenvalue weighted by Gasteiger charge is -2.23. The molecular formula is C21H18ClFN8. The first kappa shape index (κ1) is 19.5. The fourth-order valence-electron chi connectivity index (χ4n) is 4.24. The number of nitrogens with zero attached hydrogens (tertiary/aromatic N) is 7. The first-order valence-corrected chi connectivity index (χ1v) is 10.3. The van der Waals surface area contributed by atoms with Gasteiger partial charge in [0.25, 0.3) is 0 Å². The molecule has 10 heteroatoms. The van der Waals surface area contributed by atoms with Gasteiger partial charge < -0.3 is 9.88 Å². The van der Waals surface area contributed by atoms with Crippen LogP contribution in [0.1, 0.15) is 18.9 Å². The molecule has 156 valence electrons. The molecule has 0 saturated carbocycles. The van der Waals surface area contributed by atoms with E-state index in [1.54, 1.807) is 6.20 Å². The monoisotopic (exact) mass is 436 g/mol. The van der Waals surface area contributed by atoms with Crippen molar-refractivity contribution in [3.63, 3.8) is 0 Å². The van der Waals surface area contributed by atoms with Crippen molar-refractivity contribution in [2.24, 2.45) is 5.92 Å². The van der Waals surface area contributed by atoms with Gasteiger partial charge >= 0.3 is 0 Å². The molecule has 8 nitrogen and oxygen atoms in total. The molecule has 1 N–H and O–H groups in total. The molecule has 5 rings (SSSR count). The highest BCUT2D eigenvalue weighted by molar-refractivity contribution is 6.29. The molecule has 4 aromatic rings. The fourth-order valence-corrected chi connectivity index (χ4v) is 4.38. The number of nitrogens with one attached hydrogen (secondary N) is 1. The van der Waals surface area contributed by atoms with E-state index in [1.165, 1.54) is 18.5 Å². The lowest BCUT2D eigenvalue weighted by atomic mass is 9.96. The smallest absolute Gasteiger partial charge is 0.166 e. The number of H-pyrrole nitrogens is 1. The number of hydrogen-bond acceptors (Lipinski definition) is 6. The van der Waals surface area contributed by atoms with Crippen molar-refractivity contribution in [2.45, 2.75) is 18.9 Å². The van der Waals surface area contributed by atoms with Gasteiger partial charge in [-0.3, -0.25) is 4.68 Å². The van der Waals surface area contributed by atoms with Crippen LogP contribution in [0.25, 0.3) is 22.3 Å². The predicted octanol–water partition coefficient (Wildman–Crippen LogP) is 3.99. The minimum absolute atomic E-state index is 0.116. The Morgan fingerprint density at radius 1 is 1.32 bits per heavy atom. The third-order valence-electron chi connectivity index (χ3n) is 5.73. The van der Waals surface area contributed by atoms with Crippen LogP contribution in [0.3, 0.4) is 0 Å². The lowest BCUT2D eigenvalue weighted by Crippen LogP contribution is -2.26. The number of hydrogen-bond donors (Lipinski definition) is 1. The largest absolute Gasteiger partial charge is 0.354 e. The highest BCUT2D eigenvalue weighted by atomic mass is 35.5. The van der Waals surface area contributed by atoms with E-state index in [4.69, 9.17) is 11.6 Å². The molecule has 31 heavy (non-hydrogen) atoms. The Bertz CT molecular complexity index is 1280. The molecule has 0 aromatic carbocycles. The summed E-state index contributed by atoms with van der Waals surface area (Å²) in [5.41, 5.74) is 2.40. The summed E-state index contributed by atoms with van der Waals surface area (Å²) in [6, 6.07) is 6.82. The second-order valence-electron chi connectivity index (χ2n) is 7.54. The quantitative estimate of drug-likeness (QED) is 0.475. The van der Waals surface area contributed by atoms with E-state index in [9.17, 15) is 9.65 Å². The topological polar surface area (TPSA) is 99.3 Å². The van der Waals surface area contributed by atoms with E-state index < -0.39 is 5.82 Å². The Kier molecular flexibility index (Phi) is 5.00. The van der Waals surface area contributed by atoms with Crippen LogP contribution in [0, 0.1) is 23.1 Å². The Hall–Kier alpha value is -3.51. The number of fused-ring (bicyclic) bond motifs is 1. The van der Waals surface area contributed by atoms with Crippen molar-refractivity contribution in [3.8, 4) is 17.3 Å². The molecule has 4 aromatic heterocycles. The zero-order chi connectivity index (χ0) is 21.4. The van der Waals surface area contributed by atoms with Gasteiger partial charge in [0.2, 0.25) is 0 Å². The molecular weight excluding hydrogens is 419 g/mol. The number of nitriles is 1. The maximum absolute atomic E-state index is 14.3. The average molecular weight is 437 g/mol. The third kappa shape index (κ3) is 3.59. The molecule has 0 radical (unpaired) electrons. The van der Waals surface area contributed by atoms with Crippen LogP contribution in [0.2, 0.25) is 5.15 Å². The first-order chi connectivity index (χ1) is 15.1. The van der Waals surface area contributed by atoms with Crippen LogP contribution in [-0.2, 0) is 0 Å². The molecule has 0 bridgehead atoms. The molecule has 0 spiro atoms. The summed E-state index contributed by atoms with van der Waals surface area (Å²) in [7, 11) is 0. The summed E-state index contributed by atoms with van der Waals surface area (Å²) in [6.07, 6.45) is 8.10. The Labute approximate surface area is 182 Å². The Morgan fingerprint density at radius 2 is 2.23 bits per heavy atom. The second-order valence-corrected chi connectivity index (χ2v) is 7.92. The Balaban J connectivity index is 1.42. The first-order valence-electron chi connectivity index (χ1n) is 9.90. The minimum atomic E-state index is -0.400. The third-order valence-corrected chi connectivity index (χ3v) is 5.94. The number of aromatic amines is 1. The summed E-state index contributed by atoms with van der Waals surface area (Å²) in [5, 5.41) is 15.1. The van der Waals surface area contributed by atoms with E-state index in [1.807, 2.05) is 28.0 Å². The normalized spacial score (nSPS) is 17.2. The highest BCUT2D eigenvalue weighted by Crippen LogP contribution is 2.34. The molecule has 0 amide bonds. The average Bonchev–Trinajstić information content (AvgIpc) is 3.53. The second kappa shape index (κ2) is 7.96. The van der Waals surface area contributed by atoms with Gasteiger partial charge in [-0.25, -0.2) is 19.3 Å². The van der Waals surface area contributed by atoms with Crippen LogP contribution >= 0.6 is 11.6 Å². The van der Waals surface area contributed by atoms with Crippen molar-refractivity contribution in [3.05, 3.63) is 54.1 Å². The van der Waals surface area contributed by atoms with Gasteiger partial charge in [-0.15, -0.1) is 0 Å². The predicted molar refractivity (Wildman–Crippen MR) is 114 cm³/mol. The molecule has 2 atom stereocenters. The van der Waals surface area contributed by atoms with Gasteiger partial charge in [-0.1, -0.05) is 11.6 Å². The summed E-state index contributed by atoms with van der Waals surface area (Å²) < 4.78 is 16.1. The molecule has 1 fully saturated rings. The number of rotatable bonds is 5. The van der Waals surface area contributed by atoms with E-state index in [0.29, 0.717) is 19.5 Å². The van der Waals surface area contributed by atoms with Crippen molar-refractivity contribution in [2.75, 3.05) is 18.0 Å². The standard InChI is InChI=1S/C21H18ClFN8/c22-18-2-1-16(23)21(29-18)30-8-5-13(10-30)17(3-6-24)31-11-14(9-28-31)19-15-4-7-25-20(15)27-12-26-19/h1-2,4,7,9,11-13,17H,3,5,8,10H2,(H,25,26,27). The van der Waals surface area contributed by atoms with Gasteiger partial charge in [0.15, 0.2) is 11.6 Å². The maximum Gasteiger partial charge on any atom is 0.166 e. The zero-order valence-corrected chi connectivity index (χ0v) is 17.2. The zero-order valence-electron chi connectivity index (χ0n) is 16.4. The molecule has 1 saturated heterocycles. The summed E-state index contributed by atoms with van der Waals surface area (Å²) in [4.78, 5) is 17.7. The molecule has 1 aliphatic rings. The fraction of sp³-hybridized carbons (Fsp3) is 0.286. The van der Waals surface area contributed by atoms with Crippen LogP contribution in [-0.4, -0.2) is 42.8 Å². The molecule has 0 aliphatic carbocycles. The minimum Gasteiger partial charge on any atom is -0.354 e. The van der Waals surface area contributed by atoms with Crippen LogP contribution in [0.15, 0.2) is 43.1 Å². The van der Waals surface area contributed by atoms with E-state index in [-0.39, 0.29) is 22.9 Å². The van der Waals surface area contributed by atoms with Crippen LogP contribution < -0.4 is 4.90 Å². The van der Waals surface area contributed by atoms with E-state index >= 15 is 0 Å².